The van der Waals surface area contributed by atoms with Crippen molar-refractivity contribution in [3.05, 3.63) is 48.0 Å². The van der Waals surface area contributed by atoms with E-state index in [1.807, 2.05) is 31.2 Å². The van der Waals surface area contributed by atoms with Crippen LogP contribution in [-0.2, 0) is 13.0 Å². The van der Waals surface area contributed by atoms with Gasteiger partial charge in [-0.05, 0) is 24.5 Å². The van der Waals surface area contributed by atoms with Gasteiger partial charge in [-0.15, -0.1) is 6.58 Å². The molecule has 0 saturated heterocycles. The number of rotatable bonds is 6. The highest BCUT2D eigenvalue weighted by Gasteiger charge is 2.02. The molecule has 18 heavy (non-hydrogen) atoms. The number of hydrogen-bond donors (Lipinski definition) is 3. The average Bonchev–Trinajstić information content (AvgIpc) is 2.39. The molecule has 2 amide bonds. The standard InChI is InChI=1S/C14H20N2O2/c1-3-11(2)16-14(18)15-9-8-12-4-6-13(10-17)7-5-12/h3-7,11,17H,1,8-10H2,2H3,(H2,15,16,18). The zero-order chi connectivity index (χ0) is 13.4. The molecule has 98 valence electrons. The van der Waals surface area contributed by atoms with Crippen molar-refractivity contribution >= 4 is 6.03 Å². The quantitative estimate of drug-likeness (QED) is 0.670. The first-order valence-corrected chi connectivity index (χ1v) is 6.01. The topological polar surface area (TPSA) is 61.4 Å². The molecule has 0 aromatic heterocycles. The number of nitrogens with one attached hydrogen (secondary N) is 2. The number of hydrogen-bond acceptors (Lipinski definition) is 2. The lowest BCUT2D eigenvalue weighted by molar-refractivity contribution is 0.239. The summed E-state index contributed by atoms with van der Waals surface area (Å²) in [5.41, 5.74) is 2.02. The van der Waals surface area contributed by atoms with Crippen molar-refractivity contribution < 1.29 is 9.90 Å². The van der Waals surface area contributed by atoms with Crippen molar-refractivity contribution in [2.75, 3.05) is 6.54 Å². The fourth-order valence-corrected chi connectivity index (χ4v) is 1.45. The minimum Gasteiger partial charge on any atom is -0.392 e. The van der Waals surface area contributed by atoms with Crippen molar-refractivity contribution in [3.8, 4) is 0 Å². The highest BCUT2D eigenvalue weighted by Crippen LogP contribution is 2.04. The number of aliphatic hydroxyl groups excluding tert-OH is 1. The van der Waals surface area contributed by atoms with Crippen molar-refractivity contribution in [1.82, 2.24) is 10.6 Å². The van der Waals surface area contributed by atoms with Gasteiger partial charge in [-0.3, -0.25) is 0 Å². The third kappa shape index (κ3) is 5.01. The molecule has 0 saturated carbocycles. The van der Waals surface area contributed by atoms with E-state index in [1.165, 1.54) is 0 Å². The molecular formula is C14H20N2O2. The Kier molecular flexibility index (Phi) is 5.94. The number of urea groups is 1. The van der Waals surface area contributed by atoms with Gasteiger partial charge in [0.2, 0.25) is 0 Å². The summed E-state index contributed by atoms with van der Waals surface area (Å²) in [5, 5.41) is 14.4. The van der Waals surface area contributed by atoms with Crippen LogP contribution in [-0.4, -0.2) is 23.7 Å². The largest absolute Gasteiger partial charge is 0.392 e. The summed E-state index contributed by atoms with van der Waals surface area (Å²) >= 11 is 0. The Hall–Kier alpha value is -1.81. The summed E-state index contributed by atoms with van der Waals surface area (Å²) in [4.78, 5) is 11.4. The molecule has 1 aromatic rings. The van der Waals surface area contributed by atoms with Crippen LogP contribution < -0.4 is 10.6 Å². The molecule has 3 N–H and O–H groups in total. The first-order chi connectivity index (χ1) is 8.65. The molecule has 4 nitrogen and oxygen atoms in total. The summed E-state index contributed by atoms with van der Waals surface area (Å²) in [6.45, 7) is 6.09. The molecule has 4 heteroatoms. The number of amides is 2. The third-order valence-electron chi connectivity index (χ3n) is 2.62. The molecule has 1 unspecified atom stereocenters. The van der Waals surface area contributed by atoms with Crippen LogP contribution in [0.1, 0.15) is 18.1 Å². The highest BCUT2D eigenvalue weighted by atomic mass is 16.3. The number of benzene rings is 1. The molecule has 0 aliphatic heterocycles. The molecule has 0 spiro atoms. The minimum absolute atomic E-state index is 0.0335. The highest BCUT2D eigenvalue weighted by molar-refractivity contribution is 5.74. The second kappa shape index (κ2) is 7.50. The van der Waals surface area contributed by atoms with Crippen LogP contribution in [0.5, 0.6) is 0 Å². The van der Waals surface area contributed by atoms with Crippen LogP contribution in [0.25, 0.3) is 0 Å². The van der Waals surface area contributed by atoms with E-state index in [0.29, 0.717) is 6.54 Å². The van der Waals surface area contributed by atoms with Gasteiger partial charge in [-0.1, -0.05) is 30.3 Å². The lowest BCUT2D eigenvalue weighted by Crippen LogP contribution is -2.40. The second-order valence-corrected chi connectivity index (χ2v) is 4.15. The van der Waals surface area contributed by atoms with Gasteiger partial charge < -0.3 is 15.7 Å². The van der Waals surface area contributed by atoms with Crippen molar-refractivity contribution in [2.24, 2.45) is 0 Å². The summed E-state index contributed by atoms with van der Waals surface area (Å²) < 4.78 is 0. The molecule has 0 aliphatic carbocycles. The number of carbonyl (C=O) groups is 1. The van der Waals surface area contributed by atoms with E-state index in [1.54, 1.807) is 6.08 Å². The van der Waals surface area contributed by atoms with Crippen molar-refractivity contribution in [1.29, 1.82) is 0 Å². The van der Waals surface area contributed by atoms with Crippen molar-refractivity contribution in [3.63, 3.8) is 0 Å². The van der Waals surface area contributed by atoms with E-state index in [9.17, 15) is 4.79 Å². The Labute approximate surface area is 108 Å². The van der Waals surface area contributed by atoms with Crippen LogP contribution in [0.3, 0.4) is 0 Å². The molecule has 0 aliphatic rings. The van der Waals surface area contributed by atoms with E-state index in [-0.39, 0.29) is 18.7 Å². The van der Waals surface area contributed by atoms with Gasteiger partial charge in [0.1, 0.15) is 0 Å². The van der Waals surface area contributed by atoms with Crippen molar-refractivity contribution in [2.45, 2.75) is 26.0 Å². The van der Waals surface area contributed by atoms with Gasteiger partial charge >= 0.3 is 6.03 Å². The Bertz CT molecular complexity index is 387. The molecule has 1 rings (SSSR count). The number of aliphatic hydroxyl groups is 1. The van der Waals surface area contributed by atoms with Crippen LogP contribution in [0, 0.1) is 0 Å². The fourth-order valence-electron chi connectivity index (χ4n) is 1.45. The first kappa shape index (κ1) is 14.3. The Morgan fingerprint density at radius 1 is 1.39 bits per heavy atom. The van der Waals surface area contributed by atoms with E-state index < -0.39 is 0 Å². The summed E-state index contributed by atoms with van der Waals surface area (Å²) in [6, 6.07) is 7.46. The Morgan fingerprint density at radius 2 is 2.00 bits per heavy atom. The molecular weight excluding hydrogens is 228 g/mol. The Morgan fingerprint density at radius 3 is 2.56 bits per heavy atom. The zero-order valence-corrected chi connectivity index (χ0v) is 10.6. The van der Waals surface area contributed by atoms with Gasteiger partial charge in [0, 0.05) is 12.6 Å². The molecule has 0 fully saturated rings. The maximum Gasteiger partial charge on any atom is 0.315 e. The maximum absolute atomic E-state index is 11.4. The van der Waals surface area contributed by atoms with Gasteiger partial charge in [0.15, 0.2) is 0 Å². The van der Waals surface area contributed by atoms with E-state index >= 15 is 0 Å². The van der Waals surface area contributed by atoms with Crippen LogP contribution in [0.2, 0.25) is 0 Å². The smallest absolute Gasteiger partial charge is 0.315 e. The normalized spacial score (nSPS) is 11.7. The zero-order valence-electron chi connectivity index (χ0n) is 10.6. The molecule has 1 aromatic carbocycles. The van der Waals surface area contributed by atoms with E-state index in [2.05, 4.69) is 17.2 Å². The average molecular weight is 248 g/mol. The molecule has 0 heterocycles. The minimum atomic E-state index is -0.186. The number of carbonyl (C=O) groups excluding carboxylic acids is 1. The summed E-state index contributed by atoms with van der Waals surface area (Å²) in [6.07, 6.45) is 2.44. The van der Waals surface area contributed by atoms with Crippen LogP contribution in [0.15, 0.2) is 36.9 Å². The molecule has 0 radical (unpaired) electrons. The second-order valence-electron chi connectivity index (χ2n) is 4.15. The summed E-state index contributed by atoms with van der Waals surface area (Å²) in [7, 11) is 0. The lowest BCUT2D eigenvalue weighted by Gasteiger charge is -2.10. The molecule has 0 bridgehead atoms. The SMILES string of the molecule is C=CC(C)NC(=O)NCCc1ccc(CO)cc1. The van der Waals surface area contributed by atoms with Gasteiger partial charge in [0.05, 0.1) is 6.61 Å². The maximum atomic E-state index is 11.4. The van der Waals surface area contributed by atoms with E-state index in [0.717, 1.165) is 17.5 Å². The van der Waals surface area contributed by atoms with Gasteiger partial charge in [-0.2, -0.15) is 0 Å². The van der Waals surface area contributed by atoms with E-state index in [4.69, 9.17) is 5.11 Å². The summed E-state index contributed by atoms with van der Waals surface area (Å²) in [5.74, 6) is 0. The predicted molar refractivity (Wildman–Crippen MR) is 72.3 cm³/mol. The predicted octanol–water partition coefficient (Wildman–Crippen LogP) is 1.60. The Balaban J connectivity index is 2.28. The fraction of sp³-hybridized carbons (Fsp3) is 0.357. The van der Waals surface area contributed by atoms with Crippen LogP contribution >= 0.6 is 0 Å². The monoisotopic (exact) mass is 248 g/mol. The lowest BCUT2D eigenvalue weighted by atomic mass is 10.1. The van der Waals surface area contributed by atoms with Gasteiger partial charge in [0.25, 0.3) is 0 Å². The molecule has 1 atom stereocenters. The third-order valence-corrected chi connectivity index (χ3v) is 2.62. The van der Waals surface area contributed by atoms with Crippen LogP contribution in [0.4, 0.5) is 4.79 Å². The van der Waals surface area contributed by atoms with Gasteiger partial charge in [-0.25, -0.2) is 4.79 Å². The first-order valence-electron chi connectivity index (χ1n) is 6.01.